The average Bonchev–Trinajstić information content (AvgIpc) is 3.61. The second kappa shape index (κ2) is 13.9. The number of rotatable bonds is 12. The minimum Gasteiger partial charge on any atom is -0.490 e. The van der Waals surface area contributed by atoms with Crippen LogP contribution < -0.4 is 9.47 Å². The van der Waals surface area contributed by atoms with Crippen molar-refractivity contribution in [3.63, 3.8) is 0 Å². The molecule has 0 saturated heterocycles. The van der Waals surface area contributed by atoms with E-state index in [1.807, 2.05) is 0 Å². The fraction of sp³-hybridized carbons (Fsp3) is 0.265. The Morgan fingerprint density at radius 3 is 1.71 bits per heavy atom. The molecule has 1 spiro atoms. The lowest BCUT2D eigenvalue weighted by molar-refractivity contribution is 0.259. The molecule has 8 rings (SSSR count). The molecule has 0 amide bonds. The largest absolute Gasteiger partial charge is 0.490 e. The van der Waals surface area contributed by atoms with Gasteiger partial charge in [0.25, 0.3) is 0 Å². The Labute approximate surface area is 304 Å². The maximum absolute atomic E-state index is 6.65. The number of ether oxygens (including phenoxy) is 2. The molecule has 6 aromatic rings. The topological polar surface area (TPSA) is 18.5 Å². The van der Waals surface area contributed by atoms with Gasteiger partial charge in [0.15, 0.2) is 11.5 Å². The van der Waals surface area contributed by atoms with Crippen LogP contribution in [0.4, 0.5) is 0 Å². The molecule has 0 radical (unpaired) electrons. The van der Waals surface area contributed by atoms with E-state index >= 15 is 0 Å². The van der Waals surface area contributed by atoms with Crippen molar-refractivity contribution in [2.75, 3.05) is 13.2 Å². The molecule has 6 aromatic carbocycles. The SMILES string of the molecule is CCCCCOc1cc2c(cc1OCCCCC)C1(c3ccccc3-c3cc(-c4cccc(-c5ccccc5)c4)ccc31)c1cc(C)c(C)cc1-2. The summed E-state index contributed by atoms with van der Waals surface area (Å²) in [7, 11) is 0. The molecular weight excluding hydrogens is 621 g/mol. The molecule has 2 heteroatoms. The molecule has 0 bridgehead atoms. The molecule has 1 atom stereocenters. The number of hydrogen-bond acceptors (Lipinski definition) is 2. The monoisotopic (exact) mass is 668 g/mol. The molecular formula is C49H48O2. The van der Waals surface area contributed by atoms with Crippen molar-refractivity contribution in [1.29, 1.82) is 0 Å². The van der Waals surface area contributed by atoms with Gasteiger partial charge in [-0.1, -0.05) is 137 Å². The fourth-order valence-electron chi connectivity index (χ4n) is 8.43. The number of aryl methyl sites for hydroxylation is 2. The quantitative estimate of drug-likeness (QED) is 0.121. The summed E-state index contributed by atoms with van der Waals surface area (Å²) in [5.41, 5.74) is 17.6. The standard InChI is InChI=1S/C49H48O2/c1-5-7-14-25-50-47-31-42-40-27-33(3)34(4)28-45(40)49(46(42)32-48(47)51-26-15-8-6-2)43-22-13-12-21-39(43)41-30-38(23-24-44(41)49)37-20-16-19-36(29-37)35-17-10-9-11-18-35/h9-13,16-24,27-32H,5-8,14-15,25-26H2,1-4H3. The Morgan fingerprint density at radius 2 is 0.961 bits per heavy atom. The van der Waals surface area contributed by atoms with Gasteiger partial charge in [0, 0.05) is 0 Å². The smallest absolute Gasteiger partial charge is 0.161 e. The molecule has 51 heavy (non-hydrogen) atoms. The fourth-order valence-corrected chi connectivity index (χ4v) is 8.43. The van der Waals surface area contributed by atoms with Crippen LogP contribution in [0, 0.1) is 13.8 Å². The molecule has 0 aliphatic heterocycles. The summed E-state index contributed by atoms with van der Waals surface area (Å²) >= 11 is 0. The lowest BCUT2D eigenvalue weighted by Crippen LogP contribution is -2.26. The van der Waals surface area contributed by atoms with E-state index in [0.29, 0.717) is 13.2 Å². The van der Waals surface area contributed by atoms with Gasteiger partial charge >= 0.3 is 0 Å². The van der Waals surface area contributed by atoms with Crippen molar-refractivity contribution in [2.24, 2.45) is 0 Å². The second-order valence-corrected chi connectivity index (χ2v) is 14.4. The van der Waals surface area contributed by atoms with E-state index < -0.39 is 5.41 Å². The van der Waals surface area contributed by atoms with E-state index in [4.69, 9.17) is 9.47 Å². The minimum atomic E-state index is -0.457. The van der Waals surface area contributed by atoms with Gasteiger partial charge in [-0.2, -0.15) is 0 Å². The maximum Gasteiger partial charge on any atom is 0.161 e. The Kier molecular flexibility index (Phi) is 9.03. The number of unbranched alkanes of at least 4 members (excludes halogenated alkanes) is 4. The van der Waals surface area contributed by atoms with Gasteiger partial charge in [0.2, 0.25) is 0 Å². The van der Waals surface area contributed by atoms with E-state index in [-0.39, 0.29) is 0 Å². The van der Waals surface area contributed by atoms with Gasteiger partial charge in [-0.05, 0) is 129 Å². The van der Waals surface area contributed by atoms with E-state index in [9.17, 15) is 0 Å². The maximum atomic E-state index is 6.65. The molecule has 256 valence electrons. The molecule has 0 fully saturated rings. The zero-order valence-corrected chi connectivity index (χ0v) is 30.5. The van der Waals surface area contributed by atoms with Crippen molar-refractivity contribution in [3.8, 4) is 56.0 Å². The third-order valence-corrected chi connectivity index (χ3v) is 11.2. The van der Waals surface area contributed by atoms with Crippen LogP contribution in [0.1, 0.15) is 85.8 Å². The second-order valence-electron chi connectivity index (χ2n) is 14.4. The van der Waals surface area contributed by atoms with E-state index in [2.05, 4.69) is 149 Å². The van der Waals surface area contributed by atoms with Gasteiger partial charge in [0.1, 0.15) is 0 Å². The Hall–Kier alpha value is -5.08. The average molecular weight is 669 g/mol. The van der Waals surface area contributed by atoms with Crippen molar-refractivity contribution < 1.29 is 9.47 Å². The first kappa shape index (κ1) is 33.1. The number of benzene rings is 6. The van der Waals surface area contributed by atoms with Gasteiger partial charge < -0.3 is 9.47 Å². The summed E-state index contributed by atoms with van der Waals surface area (Å²) < 4.78 is 13.2. The highest BCUT2D eigenvalue weighted by molar-refractivity contribution is 5.97. The van der Waals surface area contributed by atoms with Crippen LogP contribution in [-0.2, 0) is 5.41 Å². The van der Waals surface area contributed by atoms with Crippen molar-refractivity contribution in [1.82, 2.24) is 0 Å². The van der Waals surface area contributed by atoms with E-state index in [0.717, 1.165) is 43.6 Å². The highest BCUT2D eigenvalue weighted by Crippen LogP contribution is 2.64. The zero-order chi connectivity index (χ0) is 35.0. The normalized spacial score (nSPS) is 15.0. The molecule has 2 aliphatic carbocycles. The molecule has 2 nitrogen and oxygen atoms in total. The Balaban J connectivity index is 1.33. The third-order valence-electron chi connectivity index (χ3n) is 11.2. The molecule has 0 N–H and O–H groups in total. The zero-order valence-electron chi connectivity index (χ0n) is 30.5. The first-order valence-electron chi connectivity index (χ1n) is 19.0. The van der Waals surface area contributed by atoms with Crippen LogP contribution in [-0.4, -0.2) is 13.2 Å². The van der Waals surface area contributed by atoms with Crippen LogP contribution in [0.25, 0.3) is 44.5 Å². The Morgan fingerprint density at radius 1 is 0.412 bits per heavy atom. The predicted octanol–water partition coefficient (Wildman–Crippen LogP) is 13.1. The first-order chi connectivity index (χ1) is 25.0. The summed E-state index contributed by atoms with van der Waals surface area (Å²) in [5, 5.41) is 0. The molecule has 0 aromatic heterocycles. The summed E-state index contributed by atoms with van der Waals surface area (Å²) in [6.45, 7) is 10.3. The van der Waals surface area contributed by atoms with Crippen molar-refractivity contribution >= 4 is 0 Å². The molecule has 0 heterocycles. The van der Waals surface area contributed by atoms with Crippen LogP contribution in [0.3, 0.4) is 0 Å². The van der Waals surface area contributed by atoms with E-state index in [1.165, 1.54) is 84.3 Å². The lowest BCUT2D eigenvalue weighted by Gasteiger charge is -2.31. The molecule has 2 aliphatic rings. The van der Waals surface area contributed by atoms with E-state index in [1.54, 1.807) is 0 Å². The minimum absolute atomic E-state index is 0.457. The lowest BCUT2D eigenvalue weighted by atomic mass is 9.70. The molecule has 1 unspecified atom stereocenters. The van der Waals surface area contributed by atoms with Crippen molar-refractivity contribution in [2.45, 2.75) is 71.6 Å². The number of hydrogen-bond donors (Lipinski definition) is 0. The summed E-state index contributed by atoms with van der Waals surface area (Å²) in [6.07, 6.45) is 6.72. The first-order valence-corrected chi connectivity index (χ1v) is 19.0. The summed E-state index contributed by atoms with van der Waals surface area (Å²) in [6, 6.07) is 45.4. The van der Waals surface area contributed by atoms with Gasteiger partial charge in [-0.25, -0.2) is 0 Å². The number of fused-ring (bicyclic) bond motifs is 10. The van der Waals surface area contributed by atoms with Crippen LogP contribution in [0.2, 0.25) is 0 Å². The van der Waals surface area contributed by atoms with Crippen LogP contribution in [0.15, 0.2) is 121 Å². The van der Waals surface area contributed by atoms with Gasteiger partial charge in [-0.3, -0.25) is 0 Å². The van der Waals surface area contributed by atoms with Crippen LogP contribution >= 0.6 is 0 Å². The third kappa shape index (κ3) is 5.66. The predicted molar refractivity (Wildman–Crippen MR) is 213 cm³/mol. The van der Waals surface area contributed by atoms with Gasteiger partial charge in [0.05, 0.1) is 18.6 Å². The highest BCUT2D eigenvalue weighted by Gasteiger charge is 2.52. The summed E-state index contributed by atoms with van der Waals surface area (Å²) in [5.74, 6) is 1.73. The van der Waals surface area contributed by atoms with Crippen molar-refractivity contribution in [3.05, 3.63) is 155 Å². The highest BCUT2D eigenvalue weighted by atomic mass is 16.5. The molecule has 0 saturated carbocycles. The summed E-state index contributed by atoms with van der Waals surface area (Å²) in [4.78, 5) is 0. The van der Waals surface area contributed by atoms with Crippen LogP contribution in [0.5, 0.6) is 11.5 Å². The Bertz CT molecular complexity index is 2210. The van der Waals surface area contributed by atoms with Gasteiger partial charge in [-0.15, -0.1) is 0 Å².